The van der Waals surface area contributed by atoms with E-state index in [-0.39, 0.29) is 16.3 Å². The fraction of sp³-hybridized carbons (Fsp3) is 0.143. The minimum absolute atomic E-state index is 0.0823. The Morgan fingerprint density at radius 1 is 1.00 bits per heavy atom. The number of aliphatic hydroxyl groups is 1. The maximum Gasteiger partial charge on any atom is 0.387 e. The molecular formula is C14H10Cl2F2O2. The van der Waals surface area contributed by atoms with Gasteiger partial charge >= 0.3 is 6.61 Å². The Labute approximate surface area is 124 Å². The summed E-state index contributed by atoms with van der Waals surface area (Å²) < 4.78 is 29.1. The number of halogens is 4. The first-order chi connectivity index (χ1) is 9.49. The number of hydrogen-bond acceptors (Lipinski definition) is 2. The second kappa shape index (κ2) is 6.39. The summed E-state index contributed by atoms with van der Waals surface area (Å²) >= 11 is 11.7. The van der Waals surface area contributed by atoms with E-state index >= 15 is 0 Å². The summed E-state index contributed by atoms with van der Waals surface area (Å²) in [7, 11) is 0. The third-order valence-electron chi connectivity index (χ3n) is 2.69. The fourth-order valence-electron chi connectivity index (χ4n) is 1.77. The number of alkyl halides is 2. The number of rotatable bonds is 4. The molecule has 1 atom stereocenters. The number of aliphatic hydroxyl groups excluding tert-OH is 1. The first-order valence-corrected chi connectivity index (χ1v) is 6.41. The maximum absolute atomic E-state index is 12.3. The van der Waals surface area contributed by atoms with Crippen LogP contribution in [0, 0.1) is 0 Å². The quantitative estimate of drug-likeness (QED) is 0.887. The van der Waals surface area contributed by atoms with Crippen molar-refractivity contribution in [2.75, 3.05) is 0 Å². The van der Waals surface area contributed by atoms with Gasteiger partial charge in [-0.1, -0.05) is 47.5 Å². The molecule has 0 saturated carbocycles. The second-order valence-corrected chi connectivity index (χ2v) is 4.81. The van der Waals surface area contributed by atoms with Gasteiger partial charge in [0, 0.05) is 5.56 Å². The van der Waals surface area contributed by atoms with Crippen LogP contribution in [0.4, 0.5) is 8.78 Å². The van der Waals surface area contributed by atoms with E-state index in [1.54, 1.807) is 18.2 Å². The lowest BCUT2D eigenvalue weighted by molar-refractivity contribution is -0.0512. The molecule has 0 aliphatic carbocycles. The minimum atomic E-state index is -2.96. The molecular weight excluding hydrogens is 309 g/mol. The van der Waals surface area contributed by atoms with Crippen molar-refractivity contribution in [2.45, 2.75) is 12.7 Å². The lowest BCUT2D eigenvalue weighted by Gasteiger charge is -2.16. The van der Waals surface area contributed by atoms with Crippen molar-refractivity contribution in [1.29, 1.82) is 0 Å². The lowest BCUT2D eigenvalue weighted by atomic mass is 10.0. The molecule has 2 rings (SSSR count). The number of ether oxygens (including phenoxy) is 1. The molecule has 2 aromatic rings. The summed E-state index contributed by atoms with van der Waals surface area (Å²) in [6.07, 6.45) is -1.14. The topological polar surface area (TPSA) is 29.5 Å². The van der Waals surface area contributed by atoms with E-state index in [2.05, 4.69) is 4.74 Å². The Bertz CT molecular complexity index is 605. The third-order valence-corrected chi connectivity index (χ3v) is 3.43. The van der Waals surface area contributed by atoms with Gasteiger partial charge in [0.2, 0.25) is 0 Å². The van der Waals surface area contributed by atoms with Crippen molar-refractivity contribution in [3.63, 3.8) is 0 Å². The molecule has 0 aliphatic heterocycles. The van der Waals surface area contributed by atoms with Crippen LogP contribution in [-0.4, -0.2) is 11.7 Å². The Balaban J connectivity index is 2.37. The molecule has 2 nitrogen and oxygen atoms in total. The van der Waals surface area contributed by atoms with Crippen LogP contribution in [0.1, 0.15) is 17.2 Å². The third kappa shape index (κ3) is 3.39. The summed E-state index contributed by atoms with van der Waals surface area (Å²) in [4.78, 5) is 0. The van der Waals surface area contributed by atoms with Gasteiger partial charge in [-0.05, 0) is 23.8 Å². The largest absolute Gasteiger partial charge is 0.434 e. The first kappa shape index (κ1) is 15.0. The van der Waals surface area contributed by atoms with Gasteiger partial charge in [-0.25, -0.2) is 0 Å². The SMILES string of the molecule is OC(c1ccc(Cl)c(Cl)c1)c1ccccc1OC(F)F. The van der Waals surface area contributed by atoms with Crippen LogP contribution in [0.5, 0.6) is 5.75 Å². The standard InChI is InChI=1S/C14H10Cl2F2O2/c15-10-6-5-8(7-11(10)16)13(19)9-3-1-2-4-12(9)20-14(17)18/h1-7,13-14,19H. The molecule has 0 fully saturated rings. The molecule has 0 aliphatic rings. The number of benzene rings is 2. The van der Waals surface area contributed by atoms with Crippen LogP contribution in [0.3, 0.4) is 0 Å². The van der Waals surface area contributed by atoms with Crippen LogP contribution in [0.25, 0.3) is 0 Å². The van der Waals surface area contributed by atoms with Gasteiger partial charge in [-0.2, -0.15) is 8.78 Å². The molecule has 106 valence electrons. The van der Waals surface area contributed by atoms with E-state index < -0.39 is 12.7 Å². The van der Waals surface area contributed by atoms with Crippen molar-refractivity contribution in [2.24, 2.45) is 0 Å². The summed E-state index contributed by atoms with van der Waals surface area (Å²) in [6.45, 7) is -2.96. The Morgan fingerprint density at radius 2 is 1.70 bits per heavy atom. The Hall–Kier alpha value is -1.36. The predicted octanol–water partition coefficient (Wildman–Crippen LogP) is 4.68. The zero-order chi connectivity index (χ0) is 14.7. The normalized spacial score (nSPS) is 12.5. The van der Waals surface area contributed by atoms with E-state index in [1.165, 1.54) is 24.3 Å². The Kier molecular flexibility index (Phi) is 4.81. The lowest BCUT2D eigenvalue weighted by Crippen LogP contribution is -2.07. The van der Waals surface area contributed by atoms with Crippen molar-refractivity contribution >= 4 is 23.2 Å². The van der Waals surface area contributed by atoms with Gasteiger partial charge in [-0.15, -0.1) is 0 Å². The van der Waals surface area contributed by atoms with Crippen LogP contribution in [-0.2, 0) is 0 Å². The van der Waals surface area contributed by atoms with Crippen molar-refractivity contribution < 1.29 is 18.6 Å². The zero-order valence-electron chi connectivity index (χ0n) is 10.1. The zero-order valence-corrected chi connectivity index (χ0v) is 11.6. The van der Waals surface area contributed by atoms with E-state index in [0.717, 1.165) is 0 Å². The molecule has 0 aromatic heterocycles. The summed E-state index contributed by atoms with van der Waals surface area (Å²) in [6, 6.07) is 10.6. The van der Waals surface area contributed by atoms with Crippen molar-refractivity contribution in [1.82, 2.24) is 0 Å². The molecule has 2 aromatic carbocycles. The molecule has 1 unspecified atom stereocenters. The highest BCUT2D eigenvalue weighted by Crippen LogP contribution is 2.33. The molecule has 6 heteroatoms. The maximum atomic E-state index is 12.3. The predicted molar refractivity (Wildman–Crippen MR) is 73.6 cm³/mol. The number of para-hydroxylation sites is 1. The average molecular weight is 319 g/mol. The molecule has 20 heavy (non-hydrogen) atoms. The van der Waals surface area contributed by atoms with Gasteiger partial charge in [0.1, 0.15) is 11.9 Å². The summed E-state index contributed by atoms with van der Waals surface area (Å²) in [5, 5.41) is 10.9. The molecule has 1 N–H and O–H groups in total. The molecule has 0 radical (unpaired) electrons. The molecule has 0 amide bonds. The van der Waals surface area contributed by atoms with Crippen molar-refractivity contribution in [3.8, 4) is 5.75 Å². The van der Waals surface area contributed by atoms with E-state index in [0.29, 0.717) is 10.6 Å². The van der Waals surface area contributed by atoms with Crippen LogP contribution in [0.15, 0.2) is 42.5 Å². The highest BCUT2D eigenvalue weighted by molar-refractivity contribution is 6.42. The van der Waals surface area contributed by atoms with E-state index in [9.17, 15) is 13.9 Å². The minimum Gasteiger partial charge on any atom is -0.434 e. The molecule has 0 bridgehead atoms. The first-order valence-electron chi connectivity index (χ1n) is 5.66. The van der Waals surface area contributed by atoms with E-state index in [1.807, 2.05) is 0 Å². The highest BCUT2D eigenvalue weighted by atomic mass is 35.5. The van der Waals surface area contributed by atoms with Gasteiger partial charge in [-0.3, -0.25) is 0 Å². The van der Waals surface area contributed by atoms with Crippen LogP contribution in [0.2, 0.25) is 10.0 Å². The molecule has 0 spiro atoms. The van der Waals surface area contributed by atoms with Gasteiger partial charge < -0.3 is 9.84 Å². The molecule has 0 saturated heterocycles. The Morgan fingerprint density at radius 3 is 2.35 bits per heavy atom. The monoisotopic (exact) mass is 318 g/mol. The van der Waals surface area contributed by atoms with Crippen LogP contribution >= 0.6 is 23.2 Å². The molecule has 0 heterocycles. The summed E-state index contributed by atoms with van der Waals surface area (Å²) in [5.41, 5.74) is 0.663. The van der Waals surface area contributed by atoms with Crippen LogP contribution < -0.4 is 4.74 Å². The van der Waals surface area contributed by atoms with Gasteiger partial charge in [0.15, 0.2) is 0 Å². The number of hydrogen-bond donors (Lipinski definition) is 1. The smallest absolute Gasteiger partial charge is 0.387 e. The van der Waals surface area contributed by atoms with E-state index in [4.69, 9.17) is 23.2 Å². The highest BCUT2D eigenvalue weighted by Gasteiger charge is 2.18. The van der Waals surface area contributed by atoms with Crippen molar-refractivity contribution in [3.05, 3.63) is 63.6 Å². The van der Waals surface area contributed by atoms with Gasteiger partial charge in [0.25, 0.3) is 0 Å². The van der Waals surface area contributed by atoms with Gasteiger partial charge in [0.05, 0.1) is 10.0 Å². The summed E-state index contributed by atoms with van der Waals surface area (Å²) in [5.74, 6) is -0.0823. The fourth-order valence-corrected chi connectivity index (χ4v) is 2.08. The second-order valence-electron chi connectivity index (χ2n) is 3.99. The average Bonchev–Trinajstić information content (AvgIpc) is 2.41.